The van der Waals surface area contributed by atoms with Crippen molar-refractivity contribution in [2.24, 2.45) is 0 Å². The molecule has 0 bridgehead atoms. The van der Waals surface area contributed by atoms with Crippen molar-refractivity contribution in [3.63, 3.8) is 0 Å². The summed E-state index contributed by atoms with van der Waals surface area (Å²) >= 11 is 0. The molecule has 0 aromatic heterocycles. The third kappa shape index (κ3) is 4.19. The topological polar surface area (TPSA) is 40.5 Å². The molecular weight excluding hydrogens is 214 g/mol. The van der Waals surface area contributed by atoms with Crippen molar-refractivity contribution in [2.75, 3.05) is 20.2 Å². The first kappa shape index (κ1) is 13.7. The van der Waals surface area contributed by atoms with Crippen molar-refractivity contribution in [3.8, 4) is 0 Å². The number of hydrogen-bond donors (Lipinski definition) is 1. The largest absolute Gasteiger partial charge is 0.395 e. The molecule has 1 N–H and O–H groups in total. The molecule has 94 valence electrons. The van der Waals surface area contributed by atoms with Crippen LogP contribution in [0.2, 0.25) is 0 Å². The van der Waals surface area contributed by atoms with Crippen molar-refractivity contribution < 1.29 is 9.90 Å². The predicted octanol–water partition coefficient (Wildman–Crippen LogP) is 2.02. The molecule has 0 aliphatic rings. The molecule has 1 atom stereocenters. The molecule has 1 unspecified atom stereocenters. The van der Waals surface area contributed by atoms with Crippen LogP contribution in [-0.2, 0) is 4.79 Å². The maximum Gasteiger partial charge on any atom is 0.223 e. The summed E-state index contributed by atoms with van der Waals surface area (Å²) in [6.45, 7) is 2.52. The van der Waals surface area contributed by atoms with Gasteiger partial charge in [0.1, 0.15) is 0 Å². The molecule has 3 nitrogen and oxygen atoms in total. The Morgan fingerprint density at radius 3 is 2.53 bits per heavy atom. The summed E-state index contributed by atoms with van der Waals surface area (Å²) in [7, 11) is 1.73. The molecule has 3 heteroatoms. The lowest BCUT2D eigenvalue weighted by atomic mass is 9.93. The normalized spacial score (nSPS) is 12.2. The number of benzene rings is 1. The monoisotopic (exact) mass is 235 g/mol. The van der Waals surface area contributed by atoms with Crippen LogP contribution in [0.1, 0.15) is 31.2 Å². The summed E-state index contributed by atoms with van der Waals surface area (Å²) in [4.78, 5) is 13.5. The molecular formula is C14H21NO2. The van der Waals surface area contributed by atoms with E-state index in [0.29, 0.717) is 13.0 Å². The highest BCUT2D eigenvalue weighted by Crippen LogP contribution is 2.23. The summed E-state index contributed by atoms with van der Waals surface area (Å²) in [5, 5.41) is 8.80. The molecule has 0 aliphatic heterocycles. The predicted molar refractivity (Wildman–Crippen MR) is 68.8 cm³/mol. The van der Waals surface area contributed by atoms with Crippen LogP contribution in [0.25, 0.3) is 0 Å². The van der Waals surface area contributed by atoms with E-state index in [1.807, 2.05) is 18.2 Å². The first-order chi connectivity index (χ1) is 8.19. The Labute approximate surface area is 103 Å². The SMILES string of the molecule is CCC(CC(=O)N(C)CCO)c1ccccc1. The van der Waals surface area contributed by atoms with Gasteiger partial charge in [-0.2, -0.15) is 0 Å². The second-order valence-corrected chi connectivity index (χ2v) is 4.26. The maximum atomic E-state index is 11.9. The Hall–Kier alpha value is -1.35. The third-order valence-electron chi connectivity index (χ3n) is 3.05. The second kappa shape index (κ2) is 7.07. The molecule has 1 aromatic rings. The summed E-state index contributed by atoms with van der Waals surface area (Å²) in [6, 6.07) is 10.1. The van der Waals surface area contributed by atoms with Gasteiger partial charge in [-0.3, -0.25) is 4.79 Å². The van der Waals surface area contributed by atoms with E-state index in [1.54, 1.807) is 11.9 Å². The lowest BCUT2D eigenvalue weighted by Crippen LogP contribution is -2.30. The molecule has 1 amide bonds. The van der Waals surface area contributed by atoms with Crippen LogP contribution >= 0.6 is 0 Å². The Kier molecular flexibility index (Phi) is 5.70. The van der Waals surface area contributed by atoms with Crippen molar-refractivity contribution in [1.29, 1.82) is 0 Å². The number of amides is 1. The summed E-state index contributed by atoms with van der Waals surface area (Å²) < 4.78 is 0. The van der Waals surface area contributed by atoms with Crippen LogP contribution < -0.4 is 0 Å². The minimum atomic E-state index is 0.0182. The molecule has 1 rings (SSSR count). The minimum absolute atomic E-state index is 0.0182. The second-order valence-electron chi connectivity index (χ2n) is 4.26. The fourth-order valence-corrected chi connectivity index (χ4v) is 1.86. The molecule has 0 heterocycles. The van der Waals surface area contributed by atoms with Crippen molar-refractivity contribution in [1.82, 2.24) is 4.90 Å². The Balaban J connectivity index is 2.62. The average molecular weight is 235 g/mol. The van der Waals surface area contributed by atoms with Gasteiger partial charge < -0.3 is 10.0 Å². The molecule has 17 heavy (non-hydrogen) atoms. The molecule has 0 spiro atoms. The minimum Gasteiger partial charge on any atom is -0.395 e. The summed E-state index contributed by atoms with van der Waals surface area (Å²) in [5.74, 6) is 0.361. The van der Waals surface area contributed by atoms with Crippen LogP contribution in [0.5, 0.6) is 0 Å². The molecule has 0 saturated carbocycles. The van der Waals surface area contributed by atoms with Gasteiger partial charge in [0.15, 0.2) is 0 Å². The Morgan fingerprint density at radius 1 is 1.35 bits per heavy atom. The maximum absolute atomic E-state index is 11.9. The molecule has 0 aliphatic carbocycles. The number of aliphatic hydroxyl groups excluding tert-OH is 1. The first-order valence-electron chi connectivity index (χ1n) is 6.08. The van der Waals surface area contributed by atoms with Gasteiger partial charge in [0.25, 0.3) is 0 Å². The average Bonchev–Trinajstić information content (AvgIpc) is 2.37. The van der Waals surface area contributed by atoms with Crippen LogP contribution in [0.15, 0.2) is 30.3 Å². The van der Waals surface area contributed by atoms with E-state index in [2.05, 4.69) is 19.1 Å². The number of hydrogen-bond acceptors (Lipinski definition) is 2. The number of carbonyl (C=O) groups is 1. The van der Waals surface area contributed by atoms with E-state index in [1.165, 1.54) is 5.56 Å². The van der Waals surface area contributed by atoms with Gasteiger partial charge in [0.2, 0.25) is 5.91 Å². The van der Waals surface area contributed by atoms with E-state index in [-0.39, 0.29) is 18.4 Å². The van der Waals surface area contributed by atoms with E-state index in [9.17, 15) is 4.79 Å². The Bertz CT molecular complexity index is 337. The zero-order chi connectivity index (χ0) is 12.7. The zero-order valence-corrected chi connectivity index (χ0v) is 10.6. The van der Waals surface area contributed by atoms with Crippen LogP contribution in [0.3, 0.4) is 0 Å². The number of carbonyl (C=O) groups excluding carboxylic acids is 1. The van der Waals surface area contributed by atoms with Crippen molar-refractivity contribution in [3.05, 3.63) is 35.9 Å². The van der Waals surface area contributed by atoms with Gasteiger partial charge in [-0.05, 0) is 17.9 Å². The fraction of sp³-hybridized carbons (Fsp3) is 0.500. The van der Waals surface area contributed by atoms with Crippen LogP contribution in [0, 0.1) is 0 Å². The van der Waals surface area contributed by atoms with Gasteiger partial charge >= 0.3 is 0 Å². The highest BCUT2D eigenvalue weighted by molar-refractivity contribution is 5.76. The van der Waals surface area contributed by atoms with Gasteiger partial charge in [-0.1, -0.05) is 37.3 Å². The summed E-state index contributed by atoms with van der Waals surface area (Å²) in [5.41, 5.74) is 1.21. The van der Waals surface area contributed by atoms with Gasteiger partial charge in [-0.15, -0.1) is 0 Å². The van der Waals surface area contributed by atoms with Gasteiger partial charge in [0, 0.05) is 20.0 Å². The number of nitrogens with zero attached hydrogens (tertiary/aromatic N) is 1. The zero-order valence-electron chi connectivity index (χ0n) is 10.6. The van der Waals surface area contributed by atoms with Crippen LogP contribution in [-0.4, -0.2) is 36.1 Å². The van der Waals surface area contributed by atoms with Gasteiger partial charge in [-0.25, -0.2) is 0 Å². The van der Waals surface area contributed by atoms with Crippen LogP contribution in [0.4, 0.5) is 0 Å². The summed E-state index contributed by atoms with van der Waals surface area (Å²) in [6.07, 6.45) is 1.46. The van der Waals surface area contributed by atoms with E-state index >= 15 is 0 Å². The van der Waals surface area contributed by atoms with Crippen molar-refractivity contribution in [2.45, 2.75) is 25.7 Å². The van der Waals surface area contributed by atoms with E-state index < -0.39 is 0 Å². The van der Waals surface area contributed by atoms with E-state index in [4.69, 9.17) is 5.11 Å². The molecule has 0 radical (unpaired) electrons. The number of aliphatic hydroxyl groups is 1. The highest BCUT2D eigenvalue weighted by Gasteiger charge is 2.16. The van der Waals surface area contributed by atoms with Crippen molar-refractivity contribution >= 4 is 5.91 Å². The van der Waals surface area contributed by atoms with Gasteiger partial charge in [0.05, 0.1) is 6.61 Å². The third-order valence-corrected chi connectivity index (χ3v) is 3.05. The lowest BCUT2D eigenvalue weighted by Gasteiger charge is -2.20. The first-order valence-corrected chi connectivity index (χ1v) is 6.08. The highest BCUT2D eigenvalue weighted by atomic mass is 16.3. The fourth-order valence-electron chi connectivity index (χ4n) is 1.86. The van der Waals surface area contributed by atoms with E-state index in [0.717, 1.165) is 6.42 Å². The molecule has 0 fully saturated rings. The number of rotatable bonds is 6. The smallest absolute Gasteiger partial charge is 0.223 e. The quantitative estimate of drug-likeness (QED) is 0.819. The Morgan fingerprint density at radius 2 is 2.00 bits per heavy atom. The number of likely N-dealkylation sites (N-methyl/N-ethyl adjacent to an activating group) is 1. The standard InChI is InChI=1S/C14H21NO2/c1-3-12(13-7-5-4-6-8-13)11-14(17)15(2)9-10-16/h4-8,12,16H,3,9-11H2,1-2H3. The molecule has 1 aromatic carbocycles. The lowest BCUT2D eigenvalue weighted by molar-refractivity contribution is -0.130. The molecule has 0 saturated heterocycles.